The molecule has 1 heterocycles. The van der Waals surface area contributed by atoms with Crippen LogP contribution >= 0.6 is 0 Å². The van der Waals surface area contributed by atoms with Crippen molar-refractivity contribution in [2.75, 3.05) is 12.4 Å². The van der Waals surface area contributed by atoms with Crippen LogP contribution in [0.5, 0.6) is 17.2 Å². The second-order valence-electron chi connectivity index (χ2n) is 8.17. The Hall–Kier alpha value is -5.11. The molecule has 0 spiro atoms. The lowest BCUT2D eigenvalue weighted by molar-refractivity contribution is 0.414. The van der Waals surface area contributed by atoms with Gasteiger partial charge >= 0.3 is 11.4 Å². The molecule has 0 atom stereocenters. The summed E-state index contributed by atoms with van der Waals surface area (Å²) in [5.41, 5.74) is 0.759. The third-order valence-electron chi connectivity index (χ3n) is 5.67. The lowest BCUT2D eigenvalue weighted by Crippen LogP contribution is -2.41. The number of nitrogens with one attached hydrogen (secondary N) is 1. The van der Waals surface area contributed by atoms with E-state index in [0.717, 1.165) is 15.9 Å². The van der Waals surface area contributed by atoms with Gasteiger partial charge in [0.25, 0.3) is 0 Å². The Morgan fingerprint density at radius 3 is 1.97 bits per heavy atom. The van der Waals surface area contributed by atoms with Gasteiger partial charge in [-0.1, -0.05) is 48.5 Å². The van der Waals surface area contributed by atoms with Gasteiger partial charge in [-0.25, -0.2) is 14.2 Å². The fraction of sp³-hybridized carbons (Fsp3) is 0.0690. The molecule has 1 N–H and O–H groups in total. The maximum absolute atomic E-state index is 13.6. The molecule has 0 amide bonds. The minimum absolute atomic E-state index is 0.134. The number of benzene rings is 4. The molecular weight excluding hydrogens is 468 g/mol. The Bertz CT molecular complexity index is 1600. The minimum atomic E-state index is -0.672. The number of rotatable bonds is 8. The Kier molecular flexibility index (Phi) is 6.80. The second kappa shape index (κ2) is 10.7. The molecule has 5 aromatic rings. The van der Waals surface area contributed by atoms with Crippen molar-refractivity contribution in [1.82, 2.24) is 14.1 Å². The highest BCUT2D eigenvalue weighted by Crippen LogP contribution is 2.24. The maximum Gasteiger partial charge on any atom is 0.359 e. The summed E-state index contributed by atoms with van der Waals surface area (Å²) in [6, 6.07) is 32.8. The Balaban J connectivity index is 1.50. The summed E-state index contributed by atoms with van der Waals surface area (Å²) < 4.78 is 13.6. The van der Waals surface area contributed by atoms with Gasteiger partial charge in [-0.3, -0.25) is 4.57 Å². The largest absolute Gasteiger partial charge is 0.497 e. The van der Waals surface area contributed by atoms with Crippen molar-refractivity contribution in [3.8, 4) is 22.9 Å². The average molecular weight is 493 g/mol. The van der Waals surface area contributed by atoms with Crippen molar-refractivity contribution in [3.05, 3.63) is 136 Å². The molecule has 0 saturated heterocycles. The summed E-state index contributed by atoms with van der Waals surface area (Å²) >= 11 is 0. The zero-order chi connectivity index (χ0) is 25.6. The van der Waals surface area contributed by atoms with Crippen LogP contribution in [-0.4, -0.2) is 21.2 Å². The van der Waals surface area contributed by atoms with Crippen molar-refractivity contribution in [2.24, 2.45) is 0 Å². The van der Waals surface area contributed by atoms with E-state index in [2.05, 4.69) is 10.3 Å². The molecule has 1 aromatic heterocycles. The molecule has 37 heavy (non-hydrogen) atoms. The third kappa shape index (κ3) is 5.43. The van der Waals surface area contributed by atoms with E-state index in [1.807, 2.05) is 60.7 Å². The van der Waals surface area contributed by atoms with Gasteiger partial charge in [0.2, 0.25) is 5.95 Å². The molecular formula is C29H24N4O4. The summed E-state index contributed by atoms with van der Waals surface area (Å²) in [6.45, 7) is 0.195. The molecule has 184 valence electrons. The Morgan fingerprint density at radius 1 is 0.730 bits per heavy atom. The van der Waals surface area contributed by atoms with Crippen molar-refractivity contribution < 1.29 is 9.47 Å². The van der Waals surface area contributed by atoms with E-state index < -0.39 is 11.4 Å². The van der Waals surface area contributed by atoms with Crippen LogP contribution in [0, 0.1) is 0 Å². The predicted molar refractivity (Wildman–Crippen MR) is 142 cm³/mol. The Labute approximate surface area is 213 Å². The molecule has 0 aliphatic carbocycles. The first-order valence-corrected chi connectivity index (χ1v) is 11.6. The van der Waals surface area contributed by atoms with Gasteiger partial charge in [0.1, 0.15) is 17.2 Å². The number of anilines is 2. The molecule has 8 nitrogen and oxygen atoms in total. The molecule has 0 saturated carbocycles. The fourth-order valence-electron chi connectivity index (χ4n) is 3.80. The molecule has 5 rings (SSSR count). The van der Waals surface area contributed by atoms with E-state index in [4.69, 9.17) is 9.47 Å². The van der Waals surface area contributed by atoms with Crippen LogP contribution in [0.1, 0.15) is 5.56 Å². The first kappa shape index (κ1) is 23.6. The van der Waals surface area contributed by atoms with Crippen molar-refractivity contribution in [2.45, 2.75) is 6.54 Å². The predicted octanol–water partition coefficient (Wildman–Crippen LogP) is 4.99. The van der Waals surface area contributed by atoms with Crippen LogP contribution in [0.2, 0.25) is 0 Å². The van der Waals surface area contributed by atoms with Gasteiger partial charge in [0.15, 0.2) is 0 Å². The molecule has 4 aromatic carbocycles. The van der Waals surface area contributed by atoms with E-state index >= 15 is 0 Å². The monoisotopic (exact) mass is 492 g/mol. The summed E-state index contributed by atoms with van der Waals surface area (Å²) in [4.78, 5) is 30.8. The minimum Gasteiger partial charge on any atom is -0.497 e. The summed E-state index contributed by atoms with van der Waals surface area (Å²) in [5.74, 6) is 2.22. The lowest BCUT2D eigenvalue weighted by atomic mass is 10.2. The molecule has 8 heteroatoms. The van der Waals surface area contributed by atoms with Gasteiger partial charge in [-0.2, -0.15) is 4.98 Å². The fourth-order valence-corrected chi connectivity index (χ4v) is 3.80. The average Bonchev–Trinajstić information content (AvgIpc) is 2.93. The molecule has 0 unspecified atom stereocenters. The van der Waals surface area contributed by atoms with E-state index in [-0.39, 0.29) is 12.5 Å². The van der Waals surface area contributed by atoms with Crippen molar-refractivity contribution in [1.29, 1.82) is 0 Å². The van der Waals surface area contributed by atoms with Crippen LogP contribution in [0.3, 0.4) is 0 Å². The zero-order valence-corrected chi connectivity index (χ0v) is 20.1. The van der Waals surface area contributed by atoms with Crippen molar-refractivity contribution >= 4 is 11.6 Å². The van der Waals surface area contributed by atoms with Gasteiger partial charge in [-0.15, -0.1) is 0 Å². The van der Waals surface area contributed by atoms with E-state index in [0.29, 0.717) is 22.9 Å². The van der Waals surface area contributed by atoms with Crippen LogP contribution in [0.4, 0.5) is 11.6 Å². The van der Waals surface area contributed by atoms with Gasteiger partial charge < -0.3 is 14.8 Å². The number of hydrogen-bond donors (Lipinski definition) is 1. The number of methoxy groups -OCH3 is 1. The van der Waals surface area contributed by atoms with Crippen LogP contribution in [-0.2, 0) is 6.54 Å². The molecule has 0 aliphatic rings. The quantitative estimate of drug-likeness (QED) is 0.329. The normalized spacial score (nSPS) is 10.6. The Morgan fingerprint density at radius 2 is 1.32 bits per heavy atom. The molecule has 0 fully saturated rings. The zero-order valence-electron chi connectivity index (χ0n) is 20.1. The van der Waals surface area contributed by atoms with Crippen molar-refractivity contribution in [3.63, 3.8) is 0 Å². The summed E-state index contributed by atoms with van der Waals surface area (Å²) in [5, 5.41) is 3.13. The third-order valence-corrected chi connectivity index (χ3v) is 5.67. The van der Waals surface area contributed by atoms with E-state index in [9.17, 15) is 9.59 Å². The van der Waals surface area contributed by atoms with Gasteiger partial charge in [0.05, 0.1) is 19.3 Å². The lowest BCUT2D eigenvalue weighted by Gasteiger charge is -2.16. The molecule has 0 bridgehead atoms. The summed E-state index contributed by atoms with van der Waals surface area (Å²) in [7, 11) is 1.59. The number of aromatic nitrogens is 3. The van der Waals surface area contributed by atoms with E-state index in [1.165, 1.54) is 4.57 Å². The van der Waals surface area contributed by atoms with Crippen LogP contribution in [0.15, 0.2) is 119 Å². The number of ether oxygens (including phenoxy) is 2. The van der Waals surface area contributed by atoms with E-state index in [1.54, 1.807) is 55.6 Å². The molecule has 0 radical (unpaired) electrons. The topological polar surface area (TPSA) is 87.4 Å². The smallest absolute Gasteiger partial charge is 0.359 e. The number of nitrogens with zero attached hydrogens (tertiary/aromatic N) is 3. The van der Waals surface area contributed by atoms with Crippen LogP contribution in [0.25, 0.3) is 5.69 Å². The summed E-state index contributed by atoms with van der Waals surface area (Å²) in [6.07, 6.45) is 0. The van der Waals surface area contributed by atoms with Crippen LogP contribution < -0.4 is 26.2 Å². The second-order valence-corrected chi connectivity index (χ2v) is 8.17. The van der Waals surface area contributed by atoms with Gasteiger partial charge in [-0.05, 0) is 66.2 Å². The SMILES string of the molecule is COc1ccc(Cn2c(Nc3ccc(Oc4ccccc4)cc3)nc(=O)n(-c3ccccc3)c2=O)cc1. The highest BCUT2D eigenvalue weighted by Gasteiger charge is 2.15. The number of hydrogen-bond acceptors (Lipinski definition) is 6. The standard InChI is InChI=1S/C29H24N4O4/c1-36-24-16-12-21(13-17-24)20-32-27(31-28(34)33(29(32)35)23-8-4-2-5-9-23)30-22-14-18-26(19-15-22)37-25-10-6-3-7-11-25/h2-19H,20H2,1H3,(H,30,31,34). The molecule has 0 aliphatic heterocycles. The first-order chi connectivity index (χ1) is 18.1. The van der Waals surface area contributed by atoms with Gasteiger partial charge in [0, 0.05) is 5.69 Å². The first-order valence-electron chi connectivity index (χ1n) is 11.6. The highest BCUT2D eigenvalue weighted by molar-refractivity contribution is 5.55. The maximum atomic E-state index is 13.6. The number of para-hydroxylation sites is 2. The highest BCUT2D eigenvalue weighted by atomic mass is 16.5.